The summed E-state index contributed by atoms with van der Waals surface area (Å²) in [5.41, 5.74) is 0.0821. The molecule has 3 rings (SSSR count). The van der Waals surface area contributed by atoms with Gasteiger partial charge in [-0.05, 0) is 23.6 Å². The summed E-state index contributed by atoms with van der Waals surface area (Å²) in [4.78, 5) is 20.9. The summed E-state index contributed by atoms with van der Waals surface area (Å²) >= 11 is 3.02. The molecule has 0 radical (unpaired) electrons. The molecule has 0 fully saturated rings. The minimum Gasteiger partial charge on any atom is -0.357 e. The van der Waals surface area contributed by atoms with E-state index in [9.17, 15) is 10.1 Å². The third kappa shape index (κ3) is 2.81. The van der Waals surface area contributed by atoms with Crippen LogP contribution in [0.25, 0.3) is 10.2 Å². The van der Waals surface area contributed by atoms with E-state index in [-0.39, 0.29) is 5.69 Å². The Morgan fingerprint density at radius 1 is 1.24 bits per heavy atom. The SMILES string of the molecule is CNc1nc(Sc2ccc([N+](=O)[O-])cc2)c2ccsc2n1. The van der Waals surface area contributed by atoms with E-state index in [0.29, 0.717) is 5.95 Å². The number of anilines is 1. The van der Waals surface area contributed by atoms with Crippen molar-refractivity contribution in [2.45, 2.75) is 9.92 Å². The van der Waals surface area contributed by atoms with Crippen LogP contribution in [0.5, 0.6) is 0 Å². The van der Waals surface area contributed by atoms with Crippen molar-refractivity contribution in [1.29, 1.82) is 0 Å². The number of hydrogen-bond acceptors (Lipinski definition) is 7. The molecule has 1 aromatic carbocycles. The molecule has 1 N–H and O–H groups in total. The van der Waals surface area contributed by atoms with Gasteiger partial charge in [-0.25, -0.2) is 9.97 Å². The van der Waals surface area contributed by atoms with Crippen LogP contribution in [0.2, 0.25) is 0 Å². The monoisotopic (exact) mass is 318 g/mol. The van der Waals surface area contributed by atoms with Crippen molar-refractivity contribution >= 4 is 45.0 Å². The van der Waals surface area contributed by atoms with Crippen molar-refractivity contribution in [3.63, 3.8) is 0 Å². The molecule has 3 aromatic rings. The Morgan fingerprint density at radius 3 is 2.67 bits per heavy atom. The number of nitro groups is 1. The number of aromatic nitrogens is 2. The van der Waals surface area contributed by atoms with E-state index < -0.39 is 4.92 Å². The Balaban J connectivity index is 1.97. The van der Waals surface area contributed by atoms with Gasteiger partial charge in [-0.1, -0.05) is 11.8 Å². The second kappa shape index (κ2) is 5.66. The van der Waals surface area contributed by atoms with Gasteiger partial charge in [-0.15, -0.1) is 11.3 Å². The lowest BCUT2D eigenvalue weighted by Gasteiger charge is -2.05. The lowest BCUT2D eigenvalue weighted by atomic mass is 10.3. The highest BCUT2D eigenvalue weighted by Crippen LogP contribution is 2.34. The maximum Gasteiger partial charge on any atom is 0.269 e. The van der Waals surface area contributed by atoms with Crippen molar-refractivity contribution in [3.05, 3.63) is 45.8 Å². The van der Waals surface area contributed by atoms with Crippen LogP contribution in [-0.4, -0.2) is 21.9 Å². The molecule has 0 aliphatic rings. The van der Waals surface area contributed by atoms with Crippen LogP contribution < -0.4 is 5.32 Å². The molecule has 0 saturated carbocycles. The normalized spacial score (nSPS) is 10.7. The van der Waals surface area contributed by atoms with Crippen LogP contribution in [0.1, 0.15) is 0 Å². The van der Waals surface area contributed by atoms with Gasteiger partial charge in [0.25, 0.3) is 5.69 Å². The number of benzene rings is 1. The largest absolute Gasteiger partial charge is 0.357 e. The van der Waals surface area contributed by atoms with Gasteiger partial charge in [-0.2, -0.15) is 0 Å². The first-order chi connectivity index (χ1) is 10.2. The molecule has 0 bridgehead atoms. The lowest BCUT2D eigenvalue weighted by Crippen LogP contribution is -1.96. The number of fused-ring (bicyclic) bond motifs is 1. The van der Waals surface area contributed by atoms with Crippen LogP contribution >= 0.6 is 23.1 Å². The number of non-ortho nitro benzene ring substituents is 1. The van der Waals surface area contributed by atoms with Gasteiger partial charge in [0.05, 0.1) is 4.92 Å². The van der Waals surface area contributed by atoms with Gasteiger partial charge in [-0.3, -0.25) is 10.1 Å². The molecule has 21 heavy (non-hydrogen) atoms. The highest BCUT2D eigenvalue weighted by molar-refractivity contribution is 7.99. The minimum atomic E-state index is -0.407. The average Bonchev–Trinajstić information content (AvgIpc) is 2.96. The summed E-state index contributed by atoms with van der Waals surface area (Å²) in [6, 6.07) is 8.41. The molecule has 0 aliphatic heterocycles. The molecule has 0 unspecified atom stereocenters. The number of rotatable bonds is 4. The molecule has 8 heteroatoms. The third-order valence-corrected chi connectivity index (χ3v) is 4.59. The maximum absolute atomic E-state index is 10.7. The zero-order valence-corrected chi connectivity index (χ0v) is 12.6. The van der Waals surface area contributed by atoms with Gasteiger partial charge in [0.15, 0.2) is 0 Å². The number of nitro benzene ring substituents is 1. The summed E-state index contributed by atoms with van der Waals surface area (Å²) in [7, 11) is 1.77. The number of hydrogen-bond donors (Lipinski definition) is 1. The fourth-order valence-electron chi connectivity index (χ4n) is 1.77. The minimum absolute atomic E-state index is 0.0821. The Kier molecular flexibility index (Phi) is 3.72. The van der Waals surface area contributed by atoms with Gasteiger partial charge in [0.2, 0.25) is 5.95 Å². The molecular weight excluding hydrogens is 308 g/mol. The van der Waals surface area contributed by atoms with E-state index in [1.54, 1.807) is 30.5 Å². The van der Waals surface area contributed by atoms with E-state index in [4.69, 9.17) is 0 Å². The Morgan fingerprint density at radius 2 is 2.00 bits per heavy atom. The predicted molar refractivity (Wildman–Crippen MR) is 84.2 cm³/mol. The number of thiophene rings is 1. The fraction of sp³-hybridized carbons (Fsp3) is 0.0769. The van der Waals surface area contributed by atoms with Crippen LogP contribution in [0.3, 0.4) is 0 Å². The Hall–Kier alpha value is -2.19. The van der Waals surface area contributed by atoms with Crippen LogP contribution in [0.15, 0.2) is 45.6 Å². The summed E-state index contributed by atoms with van der Waals surface area (Å²) in [5.74, 6) is 0.564. The van der Waals surface area contributed by atoms with Crippen molar-refractivity contribution in [2.75, 3.05) is 12.4 Å². The molecule has 6 nitrogen and oxygen atoms in total. The highest BCUT2D eigenvalue weighted by Gasteiger charge is 2.11. The average molecular weight is 318 g/mol. The first kappa shape index (κ1) is 13.8. The van der Waals surface area contributed by atoms with E-state index in [2.05, 4.69) is 15.3 Å². The molecule has 0 amide bonds. The van der Waals surface area contributed by atoms with Crippen LogP contribution in [0, 0.1) is 10.1 Å². The van der Waals surface area contributed by atoms with Crippen LogP contribution in [-0.2, 0) is 0 Å². The smallest absolute Gasteiger partial charge is 0.269 e. The topological polar surface area (TPSA) is 81.0 Å². The van der Waals surface area contributed by atoms with Crippen LogP contribution in [0.4, 0.5) is 11.6 Å². The van der Waals surface area contributed by atoms with E-state index >= 15 is 0 Å². The van der Waals surface area contributed by atoms with Crippen molar-refractivity contribution in [3.8, 4) is 0 Å². The molecular formula is C13H10N4O2S2. The van der Waals surface area contributed by atoms with Crippen molar-refractivity contribution in [1.82, 2.24) is 9.97 Å². The van der Waals surface area contributed by atoms with E-state index in [1.165, 1.54) is 23.9 Å². The standard InChI is InChI=1S/C13H10N4O2S2/c1-14-13-15-11-10(6-7-20-11)12(16-13)21-9-4-2-8(3-5-9)17(18)19/h2-7H,1H3,(H,14,15,16). The lowest BCUT2D eigenvalue weighted by molar-refractivity contribution is -0.384. The van der Waals surface area contributed by atoms with Gasteiger partial charge in [0.1, 0.15) is 9.86 Å². The first-order valence-electron chi connectivity index (χ1n) is 6.02. The Bertz CT molecular complexity index is 802. The fourth-order valence-corrected chi connectivity index (χ4v) is 3.50. The maximum atomic E-state index is 10.7. The van der Waals surface area contributed by atoms with Crippen molar-refractivity contribution in [2.24, 2.45) is 0 Å². The molecule has 0 spiro atoms. The number of nitrogens with one attached hydrogen (secondary N) is 1. The zero-order valence-electron chi connectivity index (χ0n) is 10.9. The third-order valence-electron chi connectivity index (χ3n) is 2.78. The summed E-state index contributed by atoms with van der Waals surface area (Å²) < 4.78 is 0. The van der Waals surface area contributed by atoms with Gasteiger partial charge >= 0.3 is 0 Å². The molecule has 2 heterocycles. The summed E-state index contributed by atoms with van der Waals surface area (Å²) in [6.07, 6.45) is 0. The zero-order chi connectivity index (χ0) is 14.8. The molecule has 0 saturated heterocycles. The van der Waals surface area contributed by atoms with Gasteiger partial charge in [0, 0.05) is 29.5 Å². The molecule has 0 atom stereocenters. The quantitative estimate of drug-likeness (QED) is 0.448. The van der Waals surface area contributed by atoms with E-state index in [1.807, 2.05) is 11.4 Å². The first-order valence-corrected chi connectivity index (χ1v) is 7.72. The summed E-state index contributed by atoms with van der Waals surface area (Å²) in [5, 5.41) is 17.4. The molecule has 106 valence electrons. The Labute approximate surface area is 128 Å². The highest BCUT2D eigenvalue weighted by atomic mass is 32.2. The molecule has 0 aliphatic carbocycles. The second-order valence-corrected chi connectivity index (χ2v) is 6.05. The van der Waals surface area contributed by atoms with Gasteiger partial charge < -0.3 is 5.32 Å². The van der Waals surface area contributed by atoms with Crippen molar-refractivity contribution < 1.29 is 4.92 Å². The second-order valence-electron chi connectivity index (χ2n) is 4.09. The molecule has 2 aromatic heterocycles. The number of nitrogens with zero attached hydrogens (tertiary/aromatic N) is 3. The summed E-state index contributed by atoms with van der Waals surface area (Å²) in [6.45, 7) is 0. The predicted octanol–water partition coefficient (Wildman–Crippen LogP) is 3.79. The van der Waals surface area contributed by atoms with E-state index in [0.717, 1.165) is 20.1 Å².